The van der Waals surface area contributed by atoms with Crippen LogP contribution in [0.4, 0.5) is 11.5 Å². The second-order valence-electron chi connectivity index (χ2n) is 3.70. The van der Waals surface area contributed by atoms with Crippen LogP contribution in [0, 0.1) is 24.0 Å². The Labute approximate surface area is 93.8 Å². The van der Waals surface area contributed by atoms with Gasteiger partial charge < -0.3 is 4.90 Å². The highest BCUT2D eigenvalue weighted by Gasteiger charge is 2.16. The predicted octanol–water partition coefficient (Wildman–Crippen LogP) is 1.83. The number of hydrogen-bond donors (Lipinski definition) is 0. The van der Waals surface area contributed by atoms with Crippen molar-refractivity contribution >= 4 is 17.8 Å². The second-order valence-corrected chi connectivity index (χ2v) is 3.70. The van der Waals surface area contributed by atoms with E-state index in [1.54, 1.807) is 31.2 Å². The van der Waals surface area contributed by atoms with Gasteiger partial charge in [0.25, 0.3) is 5.69 Å². The normalized spacial score (nSPS) is 10.8. The molecule has 1 rings (SSSR count). The smallest absolute Gasteiger partial charge is 0.293 e. The van der Waals surface area contributed by atoms with Crippen LogP contribution in [0.15, 0.2) is 11.1 Å². The van der Waals surface area contributed by atoms with E-state index in [4.69, 9.17) is 0 Å². The predicted molar refractivity (Wildman–Crippen MR) is 62.2 cm³/mol. The van der Waals surface area contributed by atoms with E-state index in [0.717, 1.165) is 0 Å². The topological polar surface area (TPSA) is 71.6 Å². The first-order chi connectivity index (χ1) is 7.41. The minimum Gasteiger partial charge on any atom is -0.369 e. The fraction of sp³-hybridized carbons (Fsp3) is 0.400. The zero-order valence-corrected chi connectivity index (χ0v) is 9.76. The van der Waals surface area contributed by atoms with E-state index in [1.807, 2.05) is 14.1 Å². The number of aromatic nitrogens is 1. The number of hydrogen-bond acceptors (Lipinski definition) is 4. The Kier molecular flexibility index (Phi) is 3.55. The van der Waals surface area contributed by atoms with Crippen LogP contribution in [0.2, 0.25) is 0 Å². The standard InChI is InChI=1S/C10H14N4O2/c1-7-5-9(11-6-13(3)4)12-8(2)10(7)14(15)16/h5-6H,1-4H3. The van der Waals surface area contributed by atoms with E-state index < -0.39 is 4.92 Å². The summed E-state index contributed by atoms with van der Waals surface area (Å²) >= 11 is 0. The molecule has 0 unspecified atom stereocenters. The molecule has 0 saturated heterocycles. The number of nitro groups is 1. The van der Waals surface area contributed by atoms with Gasteiger partial charge in [0.2, 0.25) is 0 Å². The van der Waals surface area contributed by atoms with Gasteiger partial charge in [-0.2, -0.15) is 0 Å². The van der Waals surface area contributed by atoms with E-state index >= 15 is 0 Å². The van der Waals surface area contributed by atoms with E-state index in [9.17, 15) is 10.1 Å². The number of aliphatic imine (C=N–C) groups is 1. The summed E-state index contributed by atoms with van der Waals surface area (Å²) in [7, 11) is 3.68. The summed E-state index contributed by atoms with van der Waals surface area (Å²) in [5.41, 5.74) is 1.02. The van der Waals surface area contributed by atoms with Crippen LogP contribution in [-0.4, -0.2) is 35.2 Å². The molecule has 0 atom stereocenters. The van der Waals surface area contributed by atoms with Crippen molar-refractivity contribution in [3.05, 3.63) is 27.4 Å². The Balaban J connectivity index is 3.15. The molecule has 0 aliphatic carbocycles. The monoisotopic (exact) mass is 222 g/mol. The molecule has 0 saturated carbocycles. The van der Waals surface area contributed by atoms with Gasteiger partial charge in [-0.15, -0.1) is 0 Å². The van der Waals surface area contributed by atoms with Crippen LogP contribution in [0.1, 0.15) is 11.3 Å². The highest BCUT2D eigenvalue weighted by molar-refractivity contribution is 5.60. The highest BCUT2D eigenvalue weighted by atomic mass is 16.6. The van der Waals surface area contributed by atoms with E-state index in [1.165, 1.54) is 0 Å². The zero-order valence-electron chi connectivity index (χ0n) is 9.76. The molecule has 0 bridgehead atoms. The fourth-order valence-corrected chi connectivity index (χ4v) is 1.32. The highest BCUT2D eigenvalue weighted by Crippen LogP contribution is 2.24. The lowest BCUT2D eigenvalue weighted by Gasteiger charge is -2.04. The Hall–Kier alpha value is -1.98. The minimum absolute atomic E-state index is 0.0591. The Morgan fingerprint density at radius 2 is 2.12 bits per heavy atom. The van der Waals surface area contributed by atoms with Gasteiger partial charge in [-0.1, -0.05) is 0 Å². The van der Waals surface area contributed by atoms with Gasteiger partial charge in [0.15, 0.2) is 5.82 Å². The van der Waals surface area contributed by atoms with E-state index in [-0.39, 0.29) is 5.69 Å². The van der Waals surface area contributed by atoms with Crippen LogP contribution >= 0.6 is 0 Å². The molecule has 16 heavy (non-hydrogen) atoms. The van der Waals surface area contributed by atoms with E-state index in [2.05, 4.69) is 9.98 Å². The van der Waals surface area contributed by atoms with Crippen LogP contribution in [0.5, 0.6) is 0 Å². The van der Waals surface area contributed by atoms with Crippen LogP contribution in [0.25, 0.3) is 0 Å². The van der Waals surface area contributed by atoms with Gasteiger partial charge in [0.05, 0.1) is 11.3 Å². The molecule has 1 aromatic rings. The lowest BCUT2D eigenvalue weighted by Crippen LogP contribution is -2.07. The third-order valence-corrected chi connectivity index (χ3v) is 1.95. The van der Waals surface area contributed by atoms with Gasteiger partial charge >= 0.3 is 0 Å². The Bertz CT molecular complexity index is 417. The molecule has 0 fully saturated rings. The van der Waals surface area contributed by atoms with Crippen molar-refractivity contribution in [2.45, 2.75) is 13.8 Å². The van der Waals surface area contributed by atoms with Crippen molar-refractivity contribution in [3.8, 4) is 0 Å². The molecule has 0 N–H and O–H groups in total. The van der Waals surface area contributed by atoms with Crippen LogP contribution in [0.3, 0.4) is 0 Å². The number of pyridine rings is 1. The van der Waals surface area contributed by atoms with E-state index in [0.29, 0.717) is 17.1 Å². The molecule has 86 valence electrons. The maximum Gasteiger partial charge on any atom is 0.293 e. The maximum absolute atomic E-state index is 10.7. The zero-order chi connectivity index (χ0) is 12.3. The largest absolute Gasteiger partial charge is 0.369 e. The molecule has 0 radical (unpaired) electrons. The van der Waals surface area contributed by atoms with Crippen molar-refractivity contribution in [2.75, 3.05) is 14.1 Å². The molecule has 0 amide bonds. The number of nitrogens with zero attached hydrogens (tertiary/aromatic N) is 4. The Morgan fingerprint density at radius 1 is 1.50 bits per heavy atom. The third-order valence-electron chi connectivity index (χ3n) is 1.95. The van der Waals surface area contributed by atoms with Crippen molar-refractivity contribution in [1.29, 1.82) is 0 Å². The van der Waals surface area contributed by atoms with Gasteiger partial charge in [0.1, 0.15) is 5.69 Å². The number of rotatable bonds is 3. The van der Waals surface area contributed by atoms with Gasteiger partial charge in [-0.3, -0.25) is 10.1 Å². The lowest BCUT2D eigenvalue weighted by atomic mass is 10.2. The third kappa shape index (κ3) is 2.75. The quantitative estimate of drug-likeness (QED) is 0.338. The first kappa shape index (κ1) is 12.1. The summed E-state index contributed by atoms with van der Waals surface area (Å²) in [4.78, 5) is 20.2. The molecule has 6 heteroatoms. The summed E-state index contributed by atoms with van der Waals surface area (Å²) in [6.45, 7) is 3.29. The molecule has 1 heterocycles. The van der Waals surface area contributed by atoms with Crippen molar-refractivity contribution in [3.63, 3.8) is 0 Å². The first-order valence-electron chi connectivity index (χ1n) is 4.75. The first-order valence-corrected chi connectivity index (χ1v) is 4.75. The molecule has 6 nitrogen and oxygen atoms in total. The molecular weight excluding hydrogens is 208 g/mol. The van der Waals surface area contributed by atoms with Gasteiger partial charge in [-0.05, 0) is 19.9 Å². The fourth-order valence-electron chi connectivity index (χ4n) is 1.32. The van der Waals surface area contributed by atoms with Crippen molar-refractivity contribution in [1.82, 2.24) is 9.88 Å². The molecule has 1 aromatic heterocycles. The summed E-state index contributed by atoms with van der Waals surface area (Å²) in [6, 6.07) is 1.60. The van der Waals surface area contributed by atoms with Crippen molar-refractivity contribution < 1.29 is 4.92 Å². The van der Waals surface area contributed by atoms with Gasteiger partial charge in [-0.25, -0.2) is 9.98 Å². The number of aryl methyl sites for hydroxylation is 2. The molecule has 0 aliphatic heterocycles. The average Bonchev–Trinajstić information content (AvgIpc) is 2.12. The molecule has 0 aliphatic rings. The molecule has 0 spiro atoms. The van der Waals surface area contributed by atoms with Crippen molar-refractivity contribution in [2.24, 2.45) is 4.99 Å². The average molecular weight is 222 g/mol. The second kappa shape index (κ2) is 4.69. The van der Waals surface area contributed by atoms with Crippen LogP contribution in [-0.2, 0) is 0 Å². The summed E-state index contributed by atoms with van der Waals surface area (Å²) in [5, 5.41) is 10.7. The summed E-state index contributed by atoms with van der Waals surface area (Å²) in [6.07, 6.45) is 1.60. The molecular formula is C10H14N4O2. The minimum atomic E-state index is -0.420. The Morgan fingerprint density at radius 3 is 2.56 bits per heavy atom. The maximum atomic E-state index is 10.7. The summed E-state index contributed by atoms with van der Waals surface area (Å²) < 4.78 is 0. The summed E-state index contributed by atoms with van der Waals surface area (Å²) in [5.74, 6) is 0.481. The molecule has 0 aromatic carbocycles. The lowest BCUT2D eigenvalue weighted by molar-refractivity contribution is -0.386. The van der Waals surface area contributed by atoms with Crippen LogP contribution < -0.4 is 0 Å². The van der Waals surface area contributed by atoms with Gasteiger partial charge in [0, 0.05) is 19.7 Å². The SMILES string of the molecule is Cc1cc(N=CN(C)C)nc(C)c1[N+](=O)[O-].